The molecule has 0 aliphatic carbocycles. The summed E-state index contributed by atoms with van der Waals surface area (Å²) < 4.78 is 0. The van der Waals surface area contributed by atoms with Gasteiger partial charge in [0.2, 0.25) is 5.91 Å². The summed E-state index contributed by atoms with van der Waals surface area (Å²) in [7, 11) is 0. The Balaban J connectivity index is 1.85. The smallest absolute Gasteiger partial charge is 0.326 e. The summed E-state index contributed by atoms with van der Waals surface area (Å²) in [5.41, 5.74) is 2.15. The van der Waals surface area contributed by atoms with Gasteiger partial charge in [-0.05, 0) is 49.4 Å². The zero-order valence-electron chi connectivity index (χ0n) is 12.2. The Morgan fingerprint density at radius 1 is 1.23 bits per heavy atom. The topological polar surface area (TPSA) is 86.7 Å². The third-order valence-corrected chi connectivity index (χ3v) is 4.30. The molecule has 6 heteroatoms. The van der Waals surface area contributed by atoms with E-state index in [9.17, 15) is 19.5 Å². The van der Waals surface area contributed by atoms with Crippen LogP contribution in [-0.2, 0) is 16.0 Å². The van der Waals surface area contributed by atoms with E-state index in [1.807, 2.05) is 0 Å². The zero-order valence-corrected chi connectivity index (χ0v) is 12.2. The van der Waals surface area contributed by atoms with Gasteiger partial charge in [0.25, 0.3) is 5.91 Å². The number of nitrogens with zero attached hydrogens (tertiary/aromatic N) is 1. The van der Waals surface area contributed by atoms with Gasteiger partial charge in [-0.15, -0.1) is 0 Å². The van der Waals surface area contributed by atoms with Crippen molar-refractivity contribution >= 4 is 23.5 Å². The van der Waals surface area contributed by atoms with E-state index in [0.29, 0.717) is 31.4 Å². The Labute approximate surface area is 128 Å². The fourth-order valence-corrected chi connectivity index (χ4v) is 3.11. The predicted molar refractivity (Wildman–Crippen MR) is 79.7 cm³/mol. The number of aliphatic carboxylic acids is 1. The Morgan fingerprint density at radius 3 is 2.82 bits per heavy atom. The van der Waals surface area contributed by atoms with E-state index in [4.69, 9.17) is 0 Å². The number of benzene rings is 1. The fraction of sp³-hybridized carbons (Fsp3) is 0.438. The van der Waals surface area contributed by atoms with Crippen LogP contribution in [0.15, 0.2) is 18.2 Å². The first-order valence-electron chi connectivity index (χ1n) is 7.53. The van der Waals surface area contributed by atoms with Gasteiger partial charge in [0.15, 0.2) is 0 Å². The van der Waals surface area contributed by atoms with Crippen molar-refractivity contribution < 1.29 is 19.5 Å². The van der Waals surface area contributed by atoms with Crippen LogP contribution in [0.1, 0.15) is 41.6 Å². The van der Waals surface area contributed by atoms with Crippen LogP contribution in [0.5, 0.6) is 0 Å². The third-order valence-electron chi connectivity index (χ3n) is 4.30. The number of carbonyl (C=O) groups is 3. The van der Waals surface area contributed by atoms with Gasteiger partial charge in [-0.25, -0.2) is 4.79 Å². The van der Waals surface area contributed by atoms with Gasteiger partial charge < -0.3 is 15.3 Å². The lowest BCUT2D eigenvalue weighted by Crippen LogP contribution is -2.48. The van der Waals surface area contributed by atoms with Crippen LogP contribution in [0.4, 0.5) is 5.69 Å². The monoisotopic (exact) mass is 302 g/mol. The molecule has 2 heterocycles. The Kier molecular flexibility index (Phi) is 3.83. The van der Waals surface area contributed by atoms with E-state index in [1.54, 1.807) is 18.2 Å². The first-order valence-corrected chi connectivity index (χ1v) is 7.53. The van der Waals surface area contributed by atoms with Crippen molar-refractivity contribution in [3.63, 3.8) is 0 Å². The minimum absolute atomic E-state index is 0.0199. The van der Waals surface area contributed by atoms with Crippen molar-refractivity contribution in [2.24, 2.45) is 0 Å². The highest BCUT2D eigenvalue weighted by molar-refractivity contribution is 5.99. The number of anilines is 1. The number of fused-ring (bicyclic) bond motifs is 1. The summed E-state index contributed by atoms with van der Waals surface area (Å²) in [4.78, 5) is 36.8. The van der Waals surface area contributed by atoms with Crippen molar-refractivity contribution in [1.29, 1.82) is 0 Å². The molecule has 0 radical (unpaired) electrons. The van der Waals surface area contributed by atoms with E-state index < -0.39 is 12.0 Å². The van der Waals surface area contributed by atoms with Crippen molar-refractivity contribution in [2.75, 3.05) is 11.9 Å². The minimum atomic E-state index is -0.946. The van der Waals surface area contributed by atoms with Gasteiger partial charge in [0.05, 0.1) is 0 Å². The van der Waals surface area contributed by atoms with Crippen molar-refractivity contribution in [1.82, 2.24) is 4.90 Å². The summed E-state index contributed by atoms with van der Waals surface area (Å²) in [5, 5.41) is 12.1. The number of rotatable bonds is 2. The van der Waals surface area contributed by atoms with Crippen molar-refractivity contribution in [3.8, 4) is 0 Å². The first kappa shape index (κ1) is 14.6. The van der Waals surface area contributed by atoms with Crippen LogP contribution in [0.25, 0.3) is 0 Å². The second-order valence-corrected chi connectivity index (χ2v) is 5.77. The number of amides is 2. The van der Waals surface area contributed by atoms with Crippen LogP contribution in [0.2, 0.25) is 0 Å². The average molecular weight is 302 g/mol. The zero-order chi connectivity index (χ0) is 15.7. The molecule has 1 aromatic carbocycles. The van der Waals surface area contributed by atoms with Crippen LogP contribution in [0, 0.1) is 0 Å². The van der Waals surface area contributed by atoms with Gasteiger partial charge in [0.1, 0.15) is 6.04 Å². The summed E-state index contributed by atoms with van der Waals surface area (Å²) >= 11 is 0. The highest BCUT2D eigenvalue weighted by atomic mass is 16.4. The number of carboxylic acid groups (broad SMARTS) is 1. The molecule has 0 spiro atoms. The van der Waals surface area contributed by atoms with Gasteiger partial charge in [-0.2, -0.15) is 0 Å². The molecule has 1 atom stereocenters. The highest BCUT2D eigenvalue weighted by Gasteiger charge is 2.32. The lowest BCUT2D eigenvalue weighted by atomic mass is 9.97. The maximum atomic E-state index is 12.6. The molecule has 0 saturated carbocycles. The predicted octanol–water partition coefficient (Wildman–Crippen LogP) is 1.65. The number of nitrogens with one attached hydrogen (secondary N) is 1. The third kappa shape index (κ3) is 2.68. The molecule has 2 amide bonds. The lowest BCUT2D eigenvalue weighted by Gasteiger charge is -2.33. The summed E-state index contributed by atoms with van der Waals surface area (Å²) in [5.74, 6) is -1.21. The van der Waals surface area contributed by atoms with E-state index in [0.717, 1.165) is 24.1 Å². The maximum Gasteiger partial charge on any atom is 0.326 e. The Hall–Kier alpha value is -2.37. The van der Waals surface area contributed by atoms with Crippen LogP contribution in [-0.4, -0.2) is 40.4 Å². The maximum absolute atomic E-state index is 12.6. The molecule has 22 heavy (non-hydrogen) atoms. The van der Waals surface area contributed by atoms with Gasteiger partial charge in [0, 0.05) is 24.2 Å². The Morgan fingerprint density at radius 2 is 2.05 bits per heavy atom. The Bertz CT molecular complexity index is 641. The number of carbonyl (C=O) groups excluding carboxylic acids is 2. The first-order chi connectivity index (χ1) is 10.6. The van der Waals surface area contributed by atoms with Crippen LogP contribution >= 0.6 is 0 Å². The van der Waals surface area contributed by atoms with Crippen molar-refractivity contribution in [3.05, 3.63) is 29.3 Å². The quantitative estimate of drug-likeness (QED) is 0.869. The second kappa shape index (κ2) is 5.79. The molecule has 2 N–H and O–H groups in total. The molecule has 1 saturated heterocycles. The number of likely N-dealkylation sites (tertiary alicyclic amines) is 1. The lowest BCUT2D eigenvalue weighted by molar-refractivity contribution is -0.143. The normalized spacial score (nSPS) is 21.0. The molecule has 0 bridgehead atoms. The molecule has 2 aliphatic heterocycles. The van der Waals surface area contributed by atoms with E-state index in [1.165, 1.54) is 4.90 Å². The largest absolute Gasteiger partial charge is 0.480 e. The van der Waals surface area contributed by atoms with Crippen LogP contribution in [0.3, 0.4) is 0 Å². The molecule has 1 fully saturated rings. The fourth-order valence-electron chi connectivity index (χ4n) is 3.11. The van der Waals surface area contributed by atoms with E-state index in [2.05, 4.69) is 5.32 Å². The number of hydrogen-bond donors (Lipinski definition) is 2. The summed E-state index contributed by atoms with van der Waals surface area (Å²) in [6.07, 6.45) is 3.17. The average Bonchev–Trinajstić information content (AvgIpc) is 2.53. The number of carboxylic acids is 1. The summed E-state index contributed by atoms with van der Waals surface area (Å²) in [6, 6.07) is 4.40. The molecule has 2 aliphatic rings. The molecule has 3 rings (SSSR count). The van der Waals surface area contributed by atoms with Gasteiger partial charge in [-0.3, -0.25) is 9.59 Å². The molecule has 116 valence electrons. The highest BCUT2D eigenvalue weighted by Crippen LogP contribution is 2.26. The standard InChI is InChI=1S/C16H18N2O4/c19-14-7-5-10-9-11(4-6-12(10)17-14)15(20)18-8-2-1-3-13(18)16(21)22/h4,6,9,13H,1-3,5,7-8H2,(H,17,19)(H,21,22)/t13-/m1/s1. The molecule has 6 nitrogen and oxygen atoms in total. The van der Waals surface area contributed by atoms with Gasteiger partial charge >= 0.3 is 5.97 Å². The van der Waals surface area contributed by atoms with Crippen molar-refractivity contribution in [2.45, 2.75) is 38.1 Å². The number of piperidine rings is 1. The second-order valence-electron chi connectivity index (χ2n) is 5.77. The molecule has 1 aromatic rings. The van der Waals surface area contributed by atoms with Gasteiger partial charge in [-0.1, -0.05) is 0 Å². The SMILES string of the molecule is O=C1CCc2cc(C(=O)N3CCCC[C@@H]3C(=O)O)ccc2N1. The van der Waals surface area contributed by atoms with E-state index >= 15 is 0 Å². The molecule has 0 aromatic heterocycles. The molecular formula is C16H18N2O4. The minimum Gasteiger partial charge on any atom is -0.480 e. The molecule has 0 unspecified atom stereocenters. The molecular weight excluding hydrogens is 284 g/mol. The summed E-state index contributed by atoms with van der Waals surface area (Å²) in [6.45, 7) is 0.476. The van der Waals surface area contributed by atoms with Crippen LogP contribution < -0.4 is 5.32 Å². The number of aryl methyl sites for hydroxylation is 1. The van der Waals surface area contributed by atoms with E-state index in [-0.39, 0.29) is 11.8 Å². The number of hydrogen-bond acceptors (Lipinski definition) is 3.